The van der Waals surface area contributed by atoms with Crippen molar-refractivity contribution in [3.05, 3.63) is 57.4 Å². The number of nitrogens with one attached hydrogen (secondary N) is 1. The molecule has 6 nitrogen and oxygen atoms in total. The first kappa shape index (κ1) is 19.8. The lowest BCUT2D eigenvalue weighted by atomic mass is 9.78. The van der Waals surface area contributed by atoms with Crippen molar-refractivity contribution in [3.8, 4) is 6.07 Å². The van der Waals surface area contributed by atoms with Gasteiger partial charge in [0.25, 0.3) is 0 Å². The van der Waals surface area contributed by atoms with Gasteiger partial charge in [-0.2, -0.15) is 5.26 Å². The molecule has 0 spiro atoms. The molecule has 7 heteroatoms. The third-order valence-corrected chi connectivity index (χ3v) is 7.28. The number of fused-ring (bicyclic) bond motifs is 1. The number of rotatable bonds is 6. The molecule has 2 saturated carbocycles. The number of dihydropyridines is 1. The van der Waals surface area contributed by atoms with Crippen molar-refractivity contribution in [1.82, 2.24) is 5.32 Å². The second kappa shape index (κ2) is 7.54. The molecule has 0 amide bonds. The Bertz CT molecular complexity index is 1210. The van der Waals surface area contributed by atoms with Gasteiger partial charge in [-0.3, -0.25) is 4.79 Å². The molecule has 0 radical (unpaired) electrons. The van der Waals surface area contributed by atoms with Crippen LogP contribution in [0.2, 0.25) is 0 Å². The Kier molecular flexibility index (Phi) is 4.82. The fourth-order valence-corrected chi connectivity index (χ4v) is 5.29. The lowest BCUT2D eigenvalue weighted by Crippen LogP contribution is -2.36. The van der Waals surface area contributed by atoms with Crippen LogP contribution in [-0.4, -0.2) is 18.4 Å². The third-order valence-electron chi connectivity index (χ3n) is 6.24. The van der Waals surface area contributed by atoms with Crippen molar-refractivity contribution < 1.29 is 14.3 Å². The Morgan fingerprint density at radius 1 is 1.26 bits per heavy atom. The molecule has 0 bridgehead atoms. The zero-order valence-corrected chi connectivity index (χ0v) is 18.1. The van der Waals surface area contributed by atoms with Crippen molar-refractivity contribution in [2.24, 2.45) is 17.6 Å². The summed E-state index contributed by atoms with van der Waals surface area (Å²) in [6.07, 6.45) is 3.87. The molecule has 158 valence electrons. The number of nitrogens with two attached hydrogens (primary N) is 1. The van der Waals surface area contributed by atoms with Gasteiger partial charge in [0.15, 0.2) is 5.78 Å². The summed E-state index contributed by atoms with van der Waals surface area (Å²) >= 11 is 1.45. The number of allylic oxidation sites excluding steroid dienone is 2. The first-order chi connectivity index (χ1) is 15.0. The molecule has 1 aromatic heterocycles. The molecule has 3 aliphatic rings. The van der Waals surface area contributed by atoms with Gasteiger partial charge in [-0.1, -0.05) is 12.1 Å². The van der Waals surface area contributed by atoms with E-state index in [1.54, 1.807) is 6.07 Å². The minimum atomic E-state index is -0.608. The molecular weight excluding hydrogens is 410 g/mol. The van der Waals surface area contributed by atoms with E-state index in [2.05, 4.69) is 11.4 Å². The van der Waals surface area contributed by atoms with Crippen LogP contribution in [0, 0.1) is 23.2 Å². The van der Waals surface area contributed by atoms with E-state index < -0.39 is 11.9 Å². The van der Waals surface area contributed by atoms with E-state index in [1.165, 1.54) is 11.3 Å². The molecule has 5 rings (SSSR count). The number of nitriles is 1. The minimum absolute atomic E-state index is 0.00289. The Morgan fingerprint density at radius 3 is 2.71 bits per heavy atom. The number of Topliss-reactive ketones (excluding diaryl/α,β-unsaturated/α-hetero) is 1. The van der Waals surface area contributed by atoms with Crippen LogP contribution in [0.25, 0.3) is 10.1 Å². The second-order valence-corrected chi connectivity index (χ2v) is 9.47. The monoisotopic (exact) mass is 433 g/mol. The van der Waals surface area contributed by atoms with E-state index in [0.29, 0.717) is 29.4 Å². The van der Waals surface area contributed by atoms with Crippen LogP contribution in [0.3, 0.4) is 0 Å². The zero-order valence-electron chi connectivity index (χ0n) is 17.2. The molecule has 31 heavy (non-hydrogen) atoms. The fraction of sp³-hybridized carbons (Fsp3) is 0.375. The molecule has 1 unspecified atom stereocenters. The number of ether oxygens (including phenoxy) is 1. The second-order valence-electron chi connectivity index (χ2n) is 8.59. The first-order valence-corrected chi connectivity index (χ1v) is 11.5. The van der Waals surface area contributed by atoms with E-state index in [1.807, 2.05) is 24.4 Å². The van der Waals surface area contributed by atoms with E-state index in [0.717, 1.165) is 41.3 Å². The molecule has 1 atom stereocenters. The van der Waals surface area contributed by atoms with E-state index >= 15 is 0 Å². The van der Waals surface area contributed by atoms with Crippen LogP contribution in [0.5, 0.6) is 0 Å². The highest BCUT2D eigenvalue weighted by Gasteiger charge is 2.43. The Balaban J connectivity index is 1.65. The van der Waals surface area contributed by atoms with Gasteiger partial charge >= 0.3 is 5.97 Å². The molecule has 1 aliphatic heterocycles. The summed E-state index contributed by atoms with van der Waals surface area (Å²) in [5, 5.41) is 15.4. The highest BCUT2D eigenvalue weighted by atomic mass is 32.1. The predicted octanol–water partition coefficient (Wildman–Crippen LogP) is 3.84. The van der Waals surface area contributed by atoms with Crippen LogP contribution in [0.15, 0.2) is 46.2 Å². The van der Waals surface area contributed by atoms with Crippen LogP contribution < -0.4 is 11.1 Å². The largest absolute Gasteiger partial charge is 0.462 e. The van der Waals surface area contributed by atoms with Crippen LogP contribution in [0.4, 0.5) is 0 Å². The van der Waals surface area contributed by atoms with Gasteiger partial charge in [0.1, 0.15) is 11.9 Å². The summed E-state index contributed by atoms with van der Waals surface area (Å²) in [4.78, 5) is 26.5. The highest BCUT2D eigenvalue weighted by molar-refractivity contribution is 7.17. The van der Waals surface area contributed by atoms with Crippen LogP contribution in [0.1, 0.15) is 49.7 Å². The van der Waals surface area contributed by atoms with Gasteiger partial charge in [-0.05, 0) is 60.9 Å². The van der Waals surface area contributed by atoms with Gasteiger partial charge in [-0.15, -0.1) is 11.3 Å². The summed E-state index contributed by atoms with van der Waals surface area (Å²) in [6.45, 7) is 2.21. The lowest BCUT2D eigenvalue weighted by molar-refractivity contribution is -0.139. The SMILES string of the molecule is CC1=C(C(=O)C2CC2)C(c2csc3c(C#N)cccc23)C(C(=O)OCC2CC2)=C(N)N1. The summed E-state index contributed by atoms with van der Waals surface area (Å²) in [5.74, 6) is -0.380. The van der Waals surface area contributed by atoms with Crippen molar-refractivity contribution >= 4 is 33.2 Å². The van der Waals surface area contributed by atoms with Crippen molar-refractivity contribution in [1.29, 1.82) is 5.26 Å². The maximum absolute atomic E-state index is 13.3. The number of nitrogens with zero attached hydrogens (tertiary/aromatic N) is 1. The van der Waals surface area contributed by atoms with Crippen molar-refractivity contribution in [2.75, 3.05) is 6.61 Å². The van der Waals surface area contributed by atoms with E-state index in [-0.39, 0.29) is 23.1 Å². The molecular formula is C24H23N3O3S. The number of thiophene rings is 1. The Hall–Kier alpha value is -3.11. The number of hydrogen-bond donors (Lipinski definition) is 2. The molecule has 2 fully saturated rings. The molecule has 0 saturated heterocycles. The van der Waals surface area contributed by atoms with Gasteiger partial charge in [-0.25, -0.2) is 4.79 Å². The molecule has 2 aliphatic carbocycles. The smallest absolute Gasteiger partial charge is 0.338 e. The summed E-state index contributed by atoms with van der Waals surface area (Å²) in [5.41, 5.74) is 9.26. The molecule has 2 aromatic rings. The standard InChI is InChI=1S/C24H23N3O3S/c1-12-18(21(28)14-7-8-14)19(17-11-31-22-15(9-25)3-2-4-16(17)22)20(23(26)27-12)24(29)30-10-13-5-6-13/h2-4,11,13-14,19,27H,5-8,10,26H2,1H3. The van der Waals surface area contributed by atoms with Gasteiger partial charge in [0, 0.05) is 17.2 Å². The summed E-state index contributed by atoms with van der Waals surface area (Å²) < 4.78 is 6.45. The number of hydrogen-bond acceptors (Lipinski definition) is 7. The lowest BCUT2D eigenvalue weighted by Gasteiger charge is -2.30. The van der Waals surface area contributed by atoms with Crippen molar-refractivity contribution in [2.45, 2.75) is 38.5 Å². The number of carbonyl (C=O) groups is 2. The highest BCUT2D eigenvalue weighted by Crippen LogP contribution is 2.46. The van der Waals surface area contributed by atoms with E-state index in [4.69, 9.17) is 10.5 Å². The van der Waals surface area contributed by atoms with E-state index in [9.17, 15) is 14.9 Å². The zero-order chi connectivity index (χ0) is 21.7. The maximum Gasteiger partial charge on any atom is 0.338 e. The average Bonchev–Trinajstić information content (AvgIpc) is 3.68. The van der Waals surface area contributed by atoms with Gasteiger partial charge in [0.05, 0.1) is 28.4 Å². The maximum atomic E-state index is 13.3. The topological polar surface area (TPSA) is 105 Å². The third kappa shape index (κ3) is 3.51. The summed E-state index contributed by atoms with van der Waals surface area (Å²) in [7, 11) is 0. The Labute approximate surface area is 184 Å². The van der Waals surface area contributed by atoms with Gasteiger partial charge < -0.3 is 15.8 Å². The average molecular weight is 434 g/mol. The summed E-state index contributed by atoms with van der Waals surface area (Å²) in [6, 6.07) is 7.77. The molecule has 3 N–H and O–H groups in total. The van der Waals surface area contributed by atoms with Gasteiger partial charge in [0.2, 0.25) is 0 Å². The number of esters is 1. The first-order valence-electron chi connectivity index (χ1n) is 10.6. The number of carbonyl (C=O) groups excluding carboxylic acids is 2. The molecule has 1 aromatic carbocycles. The molecule has 2 heterocycles. The number of benzene rings is 1. The quantitative estimate of drug-likeness (QED) is 0.671. The van der Waals surface area contributed by atoms with Crippen LogP contribution >= 0.6 is 11.3 Å². The normalized spacial score (nSPS) is 21.1. The number of ketones is 1. The van der Waals surface area contributed by atoms with Crippen LogP contribution in [-0.2, 0) is 14.3 Å². The fourth-order valence-electron chi connectivity index (χ4n) is 4.23. The minimum Gasteiger partial charge on any atom is -0.462 e. The van der Waals surface area contributed by atoms with Crippen molar-refractivity contribution in [3.63, 3.8) is 0 Å². The predicted molar refractivity (Wildman–Crippen MR) is 118 cm³/mol. The Morgan fingerprint density at radius 2 is 2.03 bits per heavy atom.